The van der Waals surface area contributed by atoms with E-state index in [0.717, 1.165) is 22.7 Å². The van der Waals surface area contributed by atoms with Crippen LogP contribution in [0.4, 0.5) is 18.9 Å². The van der Waals surface area contributed by atoms with Crippen molar-refractivity contribution in [1.82, 2.24) is 15.2 Å². The number of rotatable bonds is 5. The summed E-state index contributed by atoms with van der Waals surface area (Å²) in [5.74, 6) is 0.0201. The van der Waals surface area contributed by atoms with Crippen molar-refractivity contribution in [2.45, 2.75) is 23.5 Å². The van der Waals surface area contributed by atoms with Crippen LogP contribution in [0.1, 0.15) is 12.5 Å². The molecule has 2 aromatic heterocycles. The van der Waals surface area contributed by atoms with Gasteiger partial charge in [-0.2, -0.15) is 13.2 Å². The number of aromatic nitrogens is 3. The molecule has 2 heterocycles. The van der Waals surface area contributed by atoms with Crippen LogP contribution in [0.2, 0.25) is 0 Å². The lowest BCUT2D eigenvalue weighted by Crippen LogP contribution is -2.24. The molecule has 0 aliphatic carbocycles. The summed E-state index contributed by atoms with van der Waals surface area (Å²) in [4.78, 5) is 17.5. The van der Waals surface area contributed by atoms with Gasteiger partial charge >= 0.3 is 6.18 Å². The molecule has 0 bridgehead atoms. The number of H-pyrrole nitrogens is 1. The zero-order valence-corrected chi connectivity index (χ0v) is 15.0. The first-order valence-electron chi connectivity index (χ1n) is 7.44. The molecule has 0 aliphatic rings. The average molecular weight is 398 g/mol. The number of thioether (sulfide) groups is 1. The van der Waals surface area contributed by atoms with Crippen molar-refractivity contribution in [3.63, 3.8) is 0 Å². The Bertz CT molecular complexity index is 893. The second-order valence-corrected chi connectivity index (χ2v) is 7.49. The van der Waals surface area contributed by atoms with Gasteiger partial charge in [-0.3, -0.25) is 9.89 Å². The molecular weight excluding hydrogens is 385 g/mol. The largest absolute Gasteiger partial charge is 0.418 e. The van der Waals surface area contributed by atoms with Crippen LogP contribution in [0.3, 0.4) is 0 Å². The number of amides is 1. The second kappa shape index (κ2) is 7.50. The number of anilines is 1. The molecule has 0 spiro atoms. The zero-order chi connectivity index (χ0) is 18.7. The lowest BCUT2D eigenvalue weighted by Gasteiger charge is -2.15. The third-order valence-corrected chi connectivity index (χ3v) is 5.20. The highest BCUT2D eigenvalue weighted by atomic mass is 32.2. The maximum absolute atomic E-state index is 13.0. The van der Waals surface area contributed by atoms with Gasteiger partial charge in [-0.1, -0.05) is 30.0 Å². The minimum absolute atomic E-state index is 0.272. The van der Waals surface area contributed by atoms with Gasteiger partial charge in [-0.15, -0.1) is 16.4 Å². The topological polar surface area (TPSA) is 70.7 Å². The van der Waals surface area contributed by atoms with Gasteiger partial charge in [0.15, 0.2) is 5.82 Å². The normalized spacial score (nSPS) is 12.8. The first kappa shape index (κ1) is 18.5. The highest BCUT2D eigenvalue weighted by molar-refractivity contribution is 8.00. The highest BCUT2D eigenvalue weighted by Gasteiger charge is 2.34. The smallest absolute Gasteiger partial charge is 0.325 e. The van der Waals surface area contributed by atoms with Crippen LogP contribution >= 0.6 is 23.1 Å². The van der Waals surface area contributed by atoms with E-state index < -0.39 is 22.9 Å². The number of aromatic amines is 1. The fourth-order valence-electron chi connectivity index (χ4n) is 2.11. The van der Waals surface area contributed by atoms with Crippen LogP contribution in [0.5, 0.6) is 0 Å². The van der Waals surface area contributed by atoms with Crippen molar-refractivity contribution >= 4 is 34.7 Å². The summed E-state index contributed by atoms with van der Waals surface area (Å²) in [5, 5.41) is 10.7. The molecule has 0 unspecified atom stereocenters. The molecule has 26 heavy (non-hydrogen) atoms. The van der Waals surface area contributed by atoms with Gasteiger partial charge in [0.2, 0.25) is 11.1 Å². The van der Waals surface area contributed by atoms with Crippen LogP contribution in [-0.4, -0.2) is 26.3 Å². The number of alkyl halides is 3. The fourth-order valence-corrected chi connectivity index (χ4v) is 3.50. The van der Waals surface area contributed by atoms with E-state index in [9.17, 15) is 18.0 Å². The number of nitrogens with one attached hydrogen (secondary N) is 2. The Kier molecular flexibility index (Phi) is 5.33. The molecular formula is C16H13F3N4OS2. The second-order valence-electron chi connectivity index (χ2n) is 5.24. The van der Waals surface area contributed by atoms with Gasteiger partial charge in [0, 0.05) is 0 Å². The van der Waals surface area contributed by atoms with E-state index in [0.29, 0.717) is 11.0 Å². The summed E-state index contributed by atoms with van der Waals surface area (Å²) < 4.78 is 39.0. The van der Waals surface area contributed by atoms with Crippen LogP contribution in [0, 0.1) is 0 Å². The zero-order valence-electron chi connectivity index (χ0n) is 13.4. The Morgan fingerprint density at radius 1 is 1.27 bits per heavy atom. The molecule has 1 amide bonds. The first-order chi connectivity index (χ1) is 12.3. The Morgan fingerprint density at radius 2 is 2.04 bits per heavy atom. The van der Waals surface area contributed by atoms with E-state index >= 15 is 0 Å². The standard InChI is InChI=1S/C16H13F3N4OS2/c1-9(26-15-21-13(22-23-15)12-7-4-8-25-12)14(24)20-11-6-3-2-5-10(11)16(17,18)19/h2-9H,1H3,(H,20,24)(H,21,22,23)/t9-/m0/s1. The summed E-state index contributed by atoms with van der Waals surface area (Å²) >= 11 is 2.55. The molecule has 10 heteroatoms. The number of halogens is 3. The highest BCUT2D eigenvalue weighted by Crippen LogP contribution is 2.35. The number of nitrogens with zero attached hydrogens (tertiary/aromatic N) is 2. The summed E-state index contributed by atoms with van der Waals surface area (Å²) in [6.07, 6.45) is -4.54. The predicted octanol–water partition coefficient (Wildman–Crippen LogP) is 4.67. The Hall–Kier alpha value is -2.33. The van der Waals surface area contributed by atoms with E-state index in [1.807, 2.05) is 17.5 Å². The molecule has 3 aromatic rings. The number of hydrogen-bond donors (Lipinski definition) is 2. The van der Waals surface area contributed by atoms with Crippen molar-refractivity contribution in [2.24, 2.45) is 0 Å². The van der Waals surface area contributed by atoms with E-state index in [1.54, 1.807) is 6.92 Å². The summed E-state index contributed by atoms with van der Waals surface area (Å²) in [5.41, 5.74) is -1.16. The Labute approximate surface area is 155 Å². The van der Waals surface area contributed by atoms with Gasteiger partial charge in [0.05, 0.1) is 21.4 Å². The maximum Gasteiger partial charge on any atom is 0.418 e. The number of carbonyl (C=O) groups excluding carboxylic acids is 1. The molecule has 3 rings (SSSR count). The molecule has 2 N–H and O–H groups in total. The molecule has 5 nitrogen and oxygen atoms in total. The average Bonchev–Trinajstić information content (AvgIpc) is 3.25. The van der Waals surface area contributed by atoms with Crippen molar-refractivity contribution < 1.29 is 18.0 Å². The quantitative estimate of drug-likeness (QED) is 0.613. The third-order valence-electron chi connectivity index (χ3n) is 3.36. The lowest BCUT2D eigenvalue weighted by atomic mass is 10.1. The molecule has 1 aromatic carbocycles. The van der Waals surface area contributed by atoms with Crippen LogP contribution in [-0.2, 0) is 11.0 Å². The monoisotopic (exact) mass is 398 g/mol. The number of hydrogen-bond acceptors (Lipinski definition) is 5. The SMILES string of the molecule is C[C@H](Sc1n[nH]c(-c2cccs2)n1)C(=O)Nc1ccccc1C(F)(F)F. The van der Waals surface area contributed by atoms with E-state index in [1.165, 1.54) is 29.5 Å². The predicted molar refractivity (Wildman–Crippen MR) is 95.1 cm³/mol. The molecule has 136 valence electrons. The Balaban J connectivity index is 1.68. The van der Waals surface area contributed by atoms with E-state index in [4.69, 9.17) is 0 Å². The van der Waals surface area contributed by atoms with Gasteiger partial charge in [-0.05, 0) is 30.5 Å². The van der Waals surface area contributed by atoms with Gasteiger partial charge in [0.1, 0.15) is 0 Å². The van der Waals surface area contributed by atoms with Crippen molar-refractivity contribution in [1.29, 1.82) is 0 Å². The van der Waals surface area contributed by atoms with Gasteiger partial charge in [0.25, 0.3) is 0 Å². The molecule has 0 aliphatic heterocycles. The molecule has 0 radical (unpaired) electrons. The molecule has 0 saturated heterocycles. The summed E-state index contributed by atoms with van der Waals surface area (Å²) in [7, 11) is 0. The number of carbonyl (C=O) groups is 1. The number of thiophene rings is 1. The minimum Gasteiger partial charge on any atom is -0.325 e. The molecule has 1 atom stereocenters. The van der Waals surface area contributed by atoms with Gasteiger partial charge in [-0.25, -0.2) is 4.98 Å². The minimum atomic E-state index is -4.54. The lowest BCUT2D eigenvalue weighted by molar-refractivity contribution is -0.137. The van der Waals surface area contributed by atoms with Crippen molar-refractivity contribution in [2.75, 3.05) is 5.32 Å². The molecule has 0 fully saturated rings. The van der Waals surface area contributed by atoms with Crippen molar-refractivity contribution in [3.05, 3.63) is 47.3 Å². The third kappa shape index (κ3) is 4.25. The van der Waals surface area contributed by atoms with Crippen molar-refractivity contribution in [3.8, 4) is 10.7 Å². The summed E-state index contributed by atoms with van der Waals surface area (Å²) in [6, 6.07) is 8.62. The van der Waals surface area contributed by atoms with Crippen LogP contribution in [0.25, 0.3) is 10.7 Å². The number of benzene rings is 1. The van der Waals surface area contributed by atoms with Crippen LogP contribution in [0.15, 0.2) is 46.9 Å². The summed E-state index contributed by atoms with van der Waals surface area (Å²) in [6.45, 7) is 1.58. The fraction of sp³-hybridized carbons (Fsp3) is 0.188. The van der Waals surface area contributed by atoms with Gasteiger partial charge < -0.3 is 5.32 Å². The molecule has 0 saturated carbocycles. The number of para-hydroxylation sites is 1. The first-order valence-corrected chi connectivity index (χ1v) is 9.20. The van der Waals surface area contributed by atoms with E-state index in [-0.39, 0.29) is 5.69 Å². The Morgan fingerprint density at radius 3 is 2.73 bits per heavy atom. The maximum atomic E-state index is 13.0. The van der Waals surface area contributed by atoms with E-state index in [2.05, 4.69) is 20.5 Å². The van der Waals surface area contributed by atoms with Crippen LogP contribution < -0.4 is 5.32 Å².